The molecule has 0 atom stereocenters. The van der Waals surface area contributed by atoms with Crippen LogP contribution in [0.15, 0.2) is 411 Å². The van der Waals surface area contributed by atoms with E-state index in [9.17, 15) is 0 Å². The Labute approximate surface area is 693 Å². The SMILES string of the molecule is Brc1ccc(-c2c3c(c(-c4ccccc4)c4ccccc24)C=C[C+]=C3)cc1.c1ccc(-c2c3ccccc3c(-c3ccc(-n4c5ccccc5c5cc(-c6cccc7c6sc6c(-c8ccccc8)cccc67)ccc54)cc3)c3ccccc23)cc1.c1ccc(-c2cccc3c2sc2c(-c4ccc5[nH]c6ccccc6c5c4)cccc23)cc1. The minimum absolute atomic E-state index is 1.09. The predicted molar refractivity (Wildman–Crippen MR) is 509 cm³/mol. The molecule has 0 spiro atoms. The summed E-state index contributed by atoms with van der Waals surface area (Å²) in [6.45, 7) is 0. The van der Waals surface area contributed by atoms with E-state index >= 15 is 0 Å². The van der Waals surface area contributed by atoms with Crippen molar-refractivity contribution in [3.05, 3.63) is 428 Å². The smallest absolute Gasteiger partial charge is 0.111 e. The van der Waals surface area contributed by atoms with E-state index in [4.69, 9.17) is 0 Å². The van der Waals surface area contributed by atoms with E-state index in [0.717, 1.165) is 10.2 Å². The lowest BCUT2D eigenvalue weighted by Gasteiger charge is -2.18. The molecule has 1 aliphatic carbocycles. The molecule has 24 rings (SSSR count). The standard InChI is InChI=1S/C56H35NS.C30H19NS.C26H16Br/c1-3-15-36(16-4-1)41-24-13-26-48-49-27-14-25-42(56(49)58-55(41)48)39-31-34-52-50(35-39)43-19-11-12-28-51(43)57(52)40-32-29-38(30-33-40)54-46-22-9-7-20-44(46)53(37-17-5-2-6-18-37)45-21-8-10-23-47(45)54;1-2-8-19(9-3-1)21-11-6-13-24-25-14-7-12-22(30(25)32-29(21)24)20-16-17-28-26(18-20)23-10-4-5-15-27(23)31-28;27-20-16-14-19(15-17-20)26-23-12-6-4-10-21(23)25(18-8-2-1-3-9-18)22-11-5-7-13-24(22)26/h1-35H;1-18,31H;1-6,8-17H/q;;+1. The number of hydrogen-bond acceptors (Lipinski definition) is 2. The van der Waals surface area contributed by atoms with Gasteiger partial charge < -0.3 is 9.55 Å². The number of nitrogens with one attached hydrogen (secondary N) is 1. The topological polar surface area (TPSA) is 20.7 Å². The number of hydrogen-bond donors (Lipinski definition) is 1. The van der Waals surface area contributed by atoms with Crippen LogP contribution in [0.3, 0.4) is 0 Å². The van der Waals surface area contributed by atoms with Crippen molar-refractivity contribution in [2.75, 3.05) is 0 Å². The van der Waals surface area contributed by atoms with Crippen LogP contribution in [0.25, 0.3) is 223 Å². The molecule has 0 saturated carbocycles. The molecule has 4 heterocycles. The average Bonchev–Trinajstić information content (AvgIpc) is 1.71. The molecule has 0 aliphatic heterocycles. The lowest BCUT2D eigenvalue weighted by molar-refractivity contribution is 1.18. The van der Waals surface area contributed by atoms with E-state index in [1.807, 2.05) is 28.7 Å². The van der Waals surface area contributed by atoms with Crippen LogP contribution in [-0.4, -0.2) is 9.55 Å². The molecule has 0 radical (unpaired) electrons. The molecule has 117 heavy (non-hydrogen) atoms. The van der Waals surface area contributed by atoms with Crippen LogP contribution in [0.5, 0.6) is 0 Å². The lowest BCUT2D eigenvalue weighted by atomic mass is 9.82. The second kappa shape index (κ2) is 29.4. The minimum Gasteiger partial charge on any atom is -0.355 e. The summed E-state index contributed by atoms with van der Waals surface area (Å²) in [5.41, 5.74) is 28.7. The molecule has 19 aromatic carbocycles. The van der Waals surface area contributed by atoms with Crippen LogP contribution < -0.4 is 0 Å². The van der Waals surface area contributed by atoms with Crippen LogP contribution in [0.2, 0.25) is 0 Å². The molecule has 23 aromatic rings. The largest absolute Gasteiger partial charge is 0.355 e. The summed E-state index contributed by atoms with van der Waals surface area (Å²) in [5, 5.41) is 18.0. The zero-order valence-electron chi connectivity index (χ0n) is 63.5. The highest BCUT2D eigenvalue weighted by atomic mass is 79.9. The van der Waals surface area contributed by atoms with Crippen molar-refractivity contribution < 1.29 is 0 Å². The first-order chi connectivity index (χ1) is 58.0. The van der Waals surface area contributed by atoms with E-state index in [0.29, 0.717) is 0 Å². The highest BCUT2D eigenvalue weighted by Gasteiger charge is 2.27. The first-order valence-electron chi connectivity index (χ1n) is 39.8. The van der Waals surface area contributed by atoms with E-state index < -0.39 is 0 Å². The number of aromatic nitrogens is 2. The number of aromatic amines is 1. The minimum atomic E-state index is 1.09. The maximum atomic E-state index is 3.55. The van der Waals surface area contributed by atoms with Gasteiger partial charge in [-0.1, -0.05) is 356 Å². The van der Waals surface area contributed by atoms with Gasteiger partial charge in [0.25, 0.3) is 0 Å². The summed E-state index contributed by atoms with van der Waals surface area (Å²) < 4.78 is 8.90. The summed E-state index contributed by atoms with van der Waals surface area (Å²) in [6, 6.07) is 145. The van der Waals surface area contributed by atoms with E-state index in [1.54, 1.807) is 0 Å². The van der Waals surface area contributed by atoms with Crippen molar-refractivity contribution in [3.8, 4) is 94.7 Å². The summed E-state index contributed by atoms with van der Waals surface area (Å²) in [6.07, 6.45) is 9.60. The number of halogens is 1. The summed E-state index contributed by atoms with van der Waals surface area (Å²) in [7, 11) is 0. The molecule has 4 aromatic heterocycles. The molecule has 1 aliphatic rings. The van der Waals surface area contributed by atoms with E-state index in [2.05, 4.69) is 444 Å². The molecule has 5 heteroatoms. The third-order valence-corrected chi connectivity index (χ3v) is 26.6. The molecule has 0 unspecified atom stereocenters. The number of nitrogens with zero attached hydrogens (tertiary/aromatic N) is 1. The zero-order valence-corrected chi connectivity index (χ0v) is 66.7. The number of fused-ring (bicyclic) bond motifs is 16. The Balaban J connectivity index is 0.000000118. The monoisotopic (exact) mass is 1590 g/mol. The van der Waals surface area contributed by atoms with Gasteiger partial charge in [-0.3, -0.25) is 0 Å². The van der Waals surface area contributed by atoms with Gasteiger partial charge in [0.15, 0.2) is 0 Å². The fraction of sp³-hybridized carbons (Fsp3) is 0. The Bertz CT molecular complexity index is 7850. The Morgan fingerprint density at radius 2 is 0.581 bits per heavy atom. The summed E-state index contributed by atoms with van der Waals surface area (Å²) >= 11 is 7.37. The normalized spacial score (nSPS) is 11.8. The van der Waals surface area contributed by atoms with E-state index in [1.165, 1.54) is 216 Å². The zero-order chi connectivity index (χ0) is 77.4. The number of H-pyrrole nitrogens is 1. The Hall–Kier alpha value is -14.1. The molecule has 546 valence electrons. The van der Waals surface area contributed by atoms with Crippen LogP contribution >= 0.6 is 38.6 Å². The second-order valence-corrected chi connectivity index (χ2v) is 33.0. The lowest BCUT2D eigenvalue weighted by Crippen LogP contribution is -1.97. The molecule has 0 amide bonds. The summed E-state index contributed by atoms with van der Waals surface area (Å²) in [5.74, 6) is 0. The fourth-order valence-electron chi connectivity index (χ4n) is 18.3. The van der Waals surface area contributed by atoms with Crippen LogP contribution in [0, 0.1) is 6.08 Å². The van der Waals surface area contributed by atoms with Crippen molar-refractivity contribution in [1.82, 2.24) is 9.55 Å². The number of benzene rings is 19. The van der Waals surface area contributed by atoms with Gasteiger partial charge in [-0.15, -0.1) is 22.7 Å². The highest BCUT2D eigenvalue weighted by molar-refractivity contribution is 9.10. The van der Waals surface area contributed by atoms with Gasteiger partial charge in [-0.05, 0) is 165 Å². The maximum Gasteiger partial charge on any atom is 0.111 e. The summed E-state index contributed by atoms with van der Waals surface area (Å²) in [4.78, 5) is 3.54. The van der Waals surface area contributed by atoms with Gasteiger partial charge in [0.1, 0.15) is 23.3 Å². The fourth-order valence-corrected chi connectivity index (χ4v) is 21.3. The number of para-hydroxylation sites is 2. The first kappa shape index (κ1) is 69.6. The van der Waals surface area contributed by atoms with Gasteiger partial charge in [-0.2, -0.15) is 0 Å². The van der Waals surface area contributed by atoms with Crippen molar-refractivity contribution in [2.24, 2.45) is 0 Å². The molecule has 0 bridgehead atoms. The van der Waals surface area contributed by atoms with Crippen LogP contribution in [0.4, 0.5) is 0 Å². The first-order valence-corrected chi connectivity index (χ1v) is 42.2. The number of thiophene rings is 2. The van der Waals surface area contributed by atoms with Crippen LogP contribution in [-0.2, 0) is 0 Å². The predicted octanol–water partition coefficient (Wildman–Crippen LogP) is 32.9. The average molecular weight is 1590 g/mol. The molecule has 2 nitrogen and oxygen atoms in total. The number of rotatable bonds is 9. The Morgan fingerprint density at radius 1 is 0.239 bits per heavy atom. The molecule has 0 saturated heterocycles. The maximum absolute atomic E-state index is 3.55. The van der Waals surface area contributed by atoms with Crippen molar-refractivity contribution in [2.45, 2.75) is 0 Å². The molecule has 1 N–H and O–H groups in total. The molecular formula is C112H70BrN2S2+. The second-order valence-electron chi connectivity index (χ2n) is 30.1. The number of allylic oxidation sites excluding steroid dienone is 2. The van der Waals surface area contributed by atoms with Gasteiger partial charge in [0.2, 0.25) is 0 Å². The van der Waals surface area contributed by atoms with Crippen molar-refractivity contribution in [3.63, 3.8) is 0 Å². The van der Waals surface area contributed by atoms with E-state index in [-0.39, 0.29) is 0 Å². The Morgan fingerprint density at radius 3 is 1.09 bits per heavy atom. The Kier molecular flexibility index (Phi) is 17.5. The molecule has 0 fully saturated rings. The third-order valence-electron chi connectivity index (χ3n) is 23.5. The van der Waals surface area contributed by atoms with Gasteiger partial charge >= 0.3 is 0 Å². The third kappa shape index (κ3) is 12.1. The van der Waals surface area contributed by atoms with Crippen molar-refractivity contribution >= 4 is 167 Å². The van der Waals surface area contributed by atoms with Crippen molar-refractivity contribution in [1.29, 1.82) is 0 Å². The highest BCUT2D eigenvalue weighted by Crippen LogP contribution is 2.50. The van der Waals surface area contributed by atoms with Gasteiger partial charge in [0.05, 0.1) is 22.7 Å². The van der Waals surface area contributed by atoms with Crippen LogP contribution in [0.1, 0.15) is 11.1 Å². The molecular weight excluding hydrogens is 1520 g/mol. The van der Waals surface area contributed by atoms with Gasteiger partial charge in [0, 0.05) is 100 Å². The quantitative estimate of drug-likeness (QED) is 0.110. The van der Waals surface area contributed by atoms with Gasteiger partial charge in [-0.25, -0.2) is 0 Å².